The molecule has 0 heterocycles. The van der Waals surface area contributed by atoms with Gasteiger partial charge in [0.25, 0.3) is 0 Å². The minimum Gasteiger partial charge on any atom is -0.480 e. The van der Waals surface area contributed by atoms with E-state index in [9.17, 15) is 23.9 Å². The molecule has 0 aromatic heterocycles. The maximum atomic E-state index is 13.4. The maximum absolute atomic E-state index is 13.4. The molecule has 1 rings (SSSR count). The van der Waals surface area contributed by atoms with Crippen molar-refractivity contribution in [2.75, 3.05) is 0 Å². The molecule has 8 heteroatoms. The first-order chi connectivity index (χ1) is 13.7. The number of carboxylic acid groups (broad SMARTS) is 1. The Bertz CT molecular complexity index is 853. The fourth-order valence-corrected chi connectivity index (χ4v) is 3.31. The van der Waals surface area contributed by atoms with Crippen LogP contribution < -0.4 is 10.6 Å². The largest absolute Gasteiger partial charge is 0.480 e. The lowest BCUT2D eigenvalue weighted by atomic mass is 10.0. The van der Waals surface area contributed by atoms with Gasteiger partial charge in [0.1, 0.15) is 26.0 Å². The van der Waals surface area contributed by atoms with Crippen LogP contribution in [0.25, 0.3) is 0 Å². The third-order valence-corrected chi connectivity index (χ3v) is 9.77. The number of nitrogens with one attached hydrogen (secondary N) is 2. The number of rotatable bonds is 7. The van der Waals surface area contributed by atoms with E-state index in [1.807, 2.05) is 0 Å². The van der Waals surface area contributed by atoms with E-state index < -0.39 is 43.8 Å². The van der Waals surface area contributed by atoms with Crippen molar-refractivity contribution in [3.63, 3.8) is 0 Å². The molecule has 0 unspecified atom stereocenters. The summed E-state index contributed by atoms with van der Waals surface area (Å²) in [6.45, 7) is 11.8. The lowest BCUT2D eigenvalue weighted by Gasteiger charge is -2.31. The molecule has 1 aromatic carbocycles. The van der Waals surface area contributed by atoms with Crippen LogP contribution in [-0.2, 0) is 20.8 Å². The molecule has 0 spiro atoms. The fraction of sp³-hybridized carbons (Fsp3) is 0.500. The van der Waals surface area contributed by atoms with Crippen molar-refractivity contribution >= 4 is 25.9 Å². The van der Waals surface area contributed by atoms with Crippen LogP contribution in [0.3, 0.4) is 0 Å². The smallest absolute Gasteiger partial charge is 0.327 e. The number of carbonyl (C=O) groups is 3. The molecule has 0 saturated heterocycles. The number of amides is 2. The van der Waals surface area contributed by atoms with Crippen molar-refractivity contribution in [1.29, 1.82) is 0 Å². The first-order valence-electron chi connectivity index (χ1n) is 9.77. The van der Waals surface area contributed by atoms with Crippen LogP contribution in [0.5, 0.6) is 0 Å². The van der Waals surface area contributed by atoms with Crippen LogP contribution >= 0.6 is 0 Å². The minimum absolute atomic E-state index is 0.0312. The number of hydrogen-bond acceptors (Lipinski definition) is 3. The molecule has 0 aliphatic carbocycles. The highest BCUT2D eigenvalue weighted by molar-refractivity contribution is 6.87. The second kappa shape index (κ2) is 10.4. The summed E-state index contributed by atoms with van der Waals surface area (Å²) in [6, 6.07) is 3.44. The highest BCUT2D eigenvalue weighted by Gasteiger charge is 2.34. The molecule has 6 nitrogen and oxygen atoms in total. The monoisotopic (exact) mass is 434 g/mol. The zero-order valence-electron chi connectivity index (χ0n) is 18.4. The molecule has 0 bridgehead atoms. The summed E-state index contributed by atoms with van der Waals surface area (Å²) in [5.74, 6) is 0.163. The molecule has 2 amide bonds. The molecule has 3 N–H and O–H groups in total. The number of aliphatic carboxylic acids is 1. The van der Waals surface area contributed by atoms with Crippen LogP contribution in [0.15, 0.2) is 24.3 Å². The van der Waals surface area contributed by atoms with Gasteiger partial charge in [-0.25, -0.2) is 9.18 Å². The third kappa shape index (κ3) is 7.99. The molecule has 0 fully saturated rings. The number of benzene rings is 1. The van der Waals surface area contributed by atoms with Gasteiger partial charge in [0, 0.05) is 19.8 Å². The summed E-state index contributed by atoms with van der Waals surface area (Å²) >= 11 is 0. The van der Waals surface area contributed by atoms with Gasteiger partial charge in [-0.3, -0.25) is 9.59 Å². The van der Waals surface area contributed by atoms with Gasteiger partial charge in [0.2, 0.25) is 11.8 Å². The predicted octanol–water partition coefficient (Wildman–Crippen LogP) is 2.88. The Morgan fingerprint density at radius 1 is 1.17 bits per heavy atom. The van der Waals surface area contributed by atoms with Crippen LogP contribution in [0.2, 0.25) is 18.1 Å². The van der Waals surface area contributed by atoms with E-state index in [4.69, 9.17) is 0 Å². The molecule has 0 aliphatic heterocycles. The highest BCUT2D eigenvalue weighted by atomic mass is 28.3. The first-order valence-corrected chi connectivity index (χ1v) is 12.8. The summed E-state index contributed by atoms with van der Waals surface area (Å²) in [5, 5.41) is 14.5. The van der Waals surface area contributed by atoms with Crippen LogP contribution in [0, 0.1) is 17.3 Å². The van der Waals surface area contributed by atoms with Gasteiger partial charge in [0.15, 0.2) is 0 Å². The molecular weight excluding hydrogens is 403 g/mol. The van der Waals surface area contributed by atoms with E-state index in [-0.39, 0.29) is 17.9 Å². The van der Waals surface area contributed by atoms with E-state index in [0.717, 1.165) is 0 Å². The molecule has 2 atom stereocenters. The fourth-order valence-electron chi connectivity index (χ4n) is 2.39. The molecule has 0 aliphatic rings. The minimum atomic E-state index is -1.91. The average Bonchev–Trinajstić information content (AvgIpc) is 2.58. The van der Waals surface area contributed by atoms with Gasteiger partial charge in [-0.2, -0.15) is 0 Å². The van der Waals surface area contributed by atoms with Gasteiger partial charge in [-0.05, 0) is 22.7 Å². The molecule has 30 heavy (non-hydrogen) atoms. The zero-order valence-corrected chi connectivity index (χ0v) is 19.4. The number of carbonyl (C=O) groups excluding carboxylic acids is 2. The Kier molecular flexibility index (Phi) is 8.79. The Balaban J connectivity index is 2.95. The van der Waals surface area contributed by atoms with E-state index in [1.165, 1.54) is 25.1 Å². The lowest BCUT2D eigenvalue weighted by Crippen LogP contribution is -2.52. The summed E-state index contributed by atoms with van der Waals surface area (Å²) in [6.07, 6.45) is -0.00843. The highest BCUT2D eigenvalue weighted by Crippen LogP contribution is 2.35. The van der Waals surface area contributed by atoms with Crippen LogP contribution in [-0.4, -0.2) is 43.0 Å². The van der Waals surface area contributed by atoms with E-state index in [0.29, 0.717) is 5.56 Å². The topological polar surface area (TPSA) is 95.5 Å². The van der Waals surface area contributed by atoms with Crippen molar-refractivity contribution in [2.45, 2.75) is 70.8 Å². The van der Waals surface area contributed by atoms with E-state index in [1.54, 1.807) is 6.07 Å². The molecule has 0 saturated carbocycles. The van der Waals surface area contributed by atoms with Gasteiger partial charge in [-0.15, -0.1) is 11.5 Å². The Labute approximate surface area is 178 Å². The second-order valence-corrected chi connectivity index (χ2v) is 13.9. The van der Waals surface area contributed by atoms with E-state index >= 15 is 0 Å². The standard InChI is InChI=1S/C22H31FN2O4Si/c1-15(26)24-19(14-16-9-7-10-17(23)13-16)20(27)25-18(21(28)29)11-8-12-30(5,6)22(2,3)4/h7,9-10,13,18-19H,11,14H2,1-6H3,(H,24,26)(H,25,27)(H,28,29)/t18-,19-/m1/s1. The van der Waals surface area contributed by atoms with Crippen molar-refractivity contribution in [1.82, 2.24) is 10.6 Å². The Morgan fingerprint density at radius 2 is 1.80 bits per heavy atom. The quantitative estimate of drug-likeness (QED) is 0.454. The number of halogens is 1. The lowest BCUT2D eigenvalue weighted by molar-refractivity contribution is -0.142. The summed E-state index contributed by atoms with van der Waals surface area (Å²) in [7, 11) is -1.91. The third-order valence-electron chi connectivity index (χ3n) is 5.22. The van der Waals surface area contributed by atoms with E-state index in [2.05, 4.69) is 56.0 Å². The normalized spacial score (nSPS) is 13.4. The van der Waals surface area contributed by atoms with Gasteiger partial charge in [0.05, 0.1) is 0 Å². The van der Waals surface area contributed by atoms with Gasteiger partial charge < -0.3 is 15.7 Å². The summed E-state index contributed by atoms with van der Waals surface area (Å²) < 4.78 is 13.4. The van der Waals surface area contributed by atoms with Gasteiger partial charge in [-0.1, -0.05) is 46.0 Å². The zero-order chi connectivity index (χ0) is 23.1. The second-order valence-electron chi connectivity index (χ2n) is 8.87. The molecular formula is C22H31FN2O4Si. The van der Waals surface area contributed by atoms with Crippen LogP contribution in [0.1, 0.15) is 39.7 Å². The maximum Gasteiger partial charge on any atom is 0.327 e. The van der Waals surface area contributed by atoms with Crippen molar-refractivity contribution < 1.29 is 23.9 Å². The number of hydrogen-bond donors (Lipinski definition) is 3. The molecule has 164 valence electrons. The average molecular weight is 435 g/mol. The van der Waals surface area contributed by atoms with Crippen molar-refractivity contribution in [3.05, 3.63) is 35.6 Å². The van der Waals surface area contributed by atoms with Gasteiger partial charge >= 0.3 is 5.97 Å². The number of carboxylic acids is 1. The molecule has 0 radical (unpaired) electrons. The predicted molar refractivity (Wildman–Crippen MR) is 117 cm³/mol. The Hall–Kier alpha value is -2.66. The van der Waals surface area contributed by atoms with Crippen LogP contribution in [0.4, 0.5) is 4.39 Å². The first kappa shape index (κ1) is 25.4. The SMILES string of the molecule is CC(=O)N[C@H](Cc1cccc(F)c1)C(=O)N[C@H](CC#C[Si](C)(C)C(C)(C)C)C(=O)O. The summed E-state index contributed by atoms with van der Waals surface area (Å²) in [4.78, 5) is 35.8. The Morgan fingerprint density at radius 3 is 2.30 bits per heavy atom. The van der Waals surface area contributed by atoms with Crippen molar-refractivity contribution in [3.8, 4) is 11.5 Å². The summed E-state index contributed by atoms with van der Waals surface area (Å²) in [5.41, 5.74) is 3.74. The van der Waals surface area contributed by atoms with Crippen molar-refractivity contribution in [2.24, 2.45) is 0 Å². The molecule has 1 aromatic rings.